The van der Waals surface area contributed by atoms with Crippen LogP contribution in [-0.4, -0.2) is 35.0 Å². The molecule has 0 aliphatic carbocycles. The van der Waals surface area contributed by atoms with Crippen molar-refractivity contribution >= 4 is 23.4 Å². The summed E-state index contributed by atoms with van der Waals surface area (Å²) in [7, 11) is 0. The summed E-state index contributed by atoms with van der Waals surface area (Å²) >= 11 is 1.49. The molecule has 0 aromatic carbocycles. The van der Waals surface area contributed by atoms with Crippen LogP contribution in [0.3, 0.4) is 0 Å². The van der Waals surface area contributed by atoms with E-state index in [4.69, 9.17) is 10.5 Å². The summed E-state index contributed by atoms with van der Waals surface area (Å²) in [5.41, 5.74) is 5.79. The Labute approximate surface area is 106 Å². The van der Waals surface area contributed by atoms with Gasteiger partial charge in [0.05, 0.1) is 0 Å². The Morgan fingerprint density at radius 2 is 2.12 bits per heavy atom. The molecule has 2 heterocycles. The Kier molecular flexibility index (Phi) is 3.73. The molecule has 1 fully saturated rings. The summed E-state index contributed by atoms with van der Waals surface area (Å²) in [5, 5.41) is 4.15. The summed E-state index contributed by atoms with van der Waals surface area (Å²) in [5.74, 6) is 1.30. The van der Waals surface area contributed by atoms with Gasteiger partial charge in [0.1, 0.15) is 11.6 Å². The molecule has 5 nitrogen and oxygen atoms in total. The third-order valence-electron chi connectivity index (χ3n) is 2.93. The lowest BCUT2D eigenvalue weighted by Gasteiger charge is -2.34. The van der Waals surface area contributed by atoms with Crippen LogP contribution in [-0.2, 0) is 4.74 Å². The molecule has 3 N–H and O–H groups in total. The van der Waals surface area contributed by atoms with Crippen molar-refractivity contribution in [3.63, 3.8) is 0 Å². The lowest BCUT2D eigenvalue weighted by atomic mass is 9.92. The van der Waals surface area contributed by atoms with E-state index in [2.05, 4.69) is 22.2 Å². The number of ether oxygens (including phenoxy) is 1. The maximum atomic E-state index is 5.75. The lowest BCUT2D eigenvalue weighted by Crippen LogP contribution is -2.40. The average Bonchev–Trinajstić information content (AvgIpc) is 2.28. The standard InChI is InChI=1S/C11H18N4OS/c1-11(3-5-16-6-4-11)15-9-7-8(12)13-10(14-9)17-2/h7H,3-6H2,1-2H3,(H3,12,13,14,15). The van der Waals surface area contributed by atoms with Gasteiger partial charge in [0.2, 0.25) is 0 Å². The highest BCUT2D eigenvalue weighted by Crippen LogP contribution is 2.25. The van der Waals surface area contributed by atoms with Crippen LogP contribution in [0.5, 0.6) is 0 Å². The minimum Gasteiger partial charge on any atom is -0.383 e. The first-order chi connectivity index (χ1) is 8.11. The topological polar surface area (TPSA) is 73.1 Å². The largest absolute Gasteiger partial charge is 0.383 e. The van der Waals surface area contributed by atoms with Crippen LogP contribution < -0.4 is 11.1 Å². The van der Waals surface area contributed by atoms with E-state index in [0.29, 0.717) is 11.0 Å². The van der Waals surface area contributed by atoms with Gasteiger partial charge in [-0.05, 0) is 26.0 Å². The number of nitrogens with zero attached hydrogens (tertiary/aromatic N) is 2. The van der Waals surface area contributed by atoms with Crippen LogP contribution in [0.1, 0.15) is 19.8 Å². The monoisotopic (exact) mass is 254 g/mol. The second kappa shape index (κ2) is 5.10. The molecule has 0 spiro atoms. The second-order valence-electron chi connectivity index (χ2n) is 4.46. The fourth-order valence-electron chi connectivity index (χ4n) is 1.85. The normalized spacial score (nSPS) is 18.9. The molecule has 1 aliphatic rings. The molecule has 1 aromatic rings. The zero-order valence-electron chi connectivity index (χ0n) is 10.2. The summed E-state index contributed by atoms with van der Waals surface area (Å²) in [6.45, 7) is 3.77. The molecule has 0 bridgehead atoms. The molecule has 0 amide bonds. The van der Waals surface area contributed by atoms with E-state index in [0.717, 1.165) is 31.9 Å². The highest BCUT2D eigenvalue weighted by Gasteiger charge is 2.27. The van der Waals surface area contributed by atoms with Gasteiger partial charge in [-0.25, -0.2) is 9.97 Å². The molecule has 0 unspecified atom stereocenters. The highest BCUT2D eigenvalue weighted by atomic mass is 32.2. The smallest absolute Gasteiger partial charge is 0.191 e. The van der Waals surface area contributed by atoms with E-state index in [9.17, 15) is 0 Å². The number of nitrogens with two attached hydrogens (primary N) is 1. The lowest BCUT2D eigenvalue weighted by molar-refractivity contribution is 0.0657. The van der Waals surface area contributed by atoms with Crippen molar-refractivity contribution in [3.8, 4) is 0 Å². The molecule has 1 saturated heterocycles. The Hall–Kier alpha value is -1.01. The number of hydrogen-bond donors (Lipinski definition) is 2. The molecule has 17 heavy (non-hydrogen) atoms. The Bertz CT molecular complexity index is 393. The first-order valence-corrected chi connectivity index (χ1v) is 6.88. The molecule has 0 atom stereocenters. The zero-order valence-corrected chi connectivity index (χ0v) is 11.0. The third-order valence-corrected chi connectivity index (χ3v) is 3.48. The van der Waals surface area contributed by atoms with Crippen LogP contribution in [0.15, 0.2) is 11.2 Å². The van der Waals surface area contributed by atoms with Gasteiger partial charge in [0.25, 0.3) is 0 Å². The van der Waals surface area contributed by atoms with Crippen LogP contribution in [0, 0.1) is 0 Å². The van der Waals surface area contributed by atoms with E-state index in [1.165, 1.54) is 11.8 Å². The molecule has 6 heteroatoms. The van der Waals surface area contributed by atoms with Crippen molar-refractivity contribution in [3.05, 3.63) is 6.07 Å². The number of nitrogen functional groups attached to an aromatic ring is 1. The van der Waals surface area contributed by atoms with Gasteiger partial charge in [0, 0.05) is 24.8 Å². The highest BCUT2D eigenvalue weighted by molar-refractivity contribution is 7.98. The van der Waals surface area contributed by atoms with Crippen LogP contribution >= 0.6 is 11.8 Å². The SMILES string of the molecule is CSc1nc(N)cc(NC2(C)CCOCC2)n1. The number of thioether (sulfide) groups is 1. The van der Waals surface area contributed by atoms with E-state index in [-0.39, 0.29) is 5.54 Å². The minimum absolute atomic E-state index is 0.0364. The fourth-order valence-corrected chi connectivity index (χ4v) is 2.24. The van der Waals surface area contributed by atoms with Gasteiger partial charge in [-0.1, -0.05) is 11.8 Å². The molecule has 2 rings (SSSR count). The van der Waals surface area contributed by atoms with Crippen molar-refractivity contribution in [2.24, 2.45) is 0 Å². The number of hydrogen-bond acceptors (Lipinski definition) is 6. The number of anilines is 2. The number of aromatic nitrogens is 2. The second-order valence-corrected chi connectivity index (χ2v) is 5.24. The van der Waals surface area contributed by atoms with Gasteiger partial charge in [-0.15, -0.1) is 0 Å². The van der Waals surface area contributed by atoms with E-state index in [1.54, 1.807) is 6.07 Å². The number of nitrogens with one attached hydrogen (secondary N) is 1. The van der Waals surface area contributed by atoms with E-state index < -0.39 is 0 Å². The van der Waals surface area contributed by atoms with E-state index >= 15 is 0 Å². The summed E-state index contributed by atoms with van der Waals surface area (Å²) in [6.07, 6.45) is 3.89. The van der Waals surface area contributed by atoms with Crippen molar-refractivity contribution in [2.45, 2.75) is 30.5 Å². The molecular weight excluding hydrogens is 236 g/mol. The molecule has 0 radical (unpaired) electrons. The van der Waals surface area contributed by atoms with Crippen molar-refractivity contribution in [1.82, 2.24) is 9.97 Å². The maximum absolute atomic E-state index is 5.75. The summed E-state index contributed by atoms with van der Waals surface area (Å²) < 4.78 is 5.37. The van der Waals surface area contributed by atoms with Gasteiger partial charge in [-0.2, -0.15) is 0 Å². The predicted octanol–water partition coefficient (Wildman–Crippen LogP) is 1.76. The molecule has 94 valence electrons. The summed E-state index contributed by atoms with van der Waals surface area (Å²) in [4.78, 5) is 8.54. The summed E-state index contributed by atoms with van der Waals surface area (Å²) in [6, 6.07) is 1.78. The average molecular weight is 254 g/mol. The van der Waals surface area contributed by atoms with Crippen LogP contribution in [0.4, 0.5) is 11.6 Å². The van der Waals surface area contributed by atoms with Gasteiger partial charge in [-0.3, -0.25) is 0 Å². The quantitative estimate of drug-likeness (QED) is 0.632. The Morgan fingerprint density at radius 1 is 1.41 bits per heavy atom. The predicted molar refractivity (Wildman–Crippen MR) is 70.3 cm³/mol. The zero-order chi connectivity index (χ0) is 12.3. The molecule has 1 aliphatic heterocycles. The first-order valence-electron chi connectivity index (χ1n) is 5.66. The van der Waals surface area contributed by atoms with Crippen molar-refractivity contribution in [1.29, 1.82) is 0 Å². The number of rotatable bonds is 3. The van der Waals surface area contributed by atoms with Gasteiger partial charge in [0.15, 0.2) is 5.16 Å². The Morgan fingerprint density at radius 3 is 2.76 bits per heavy atom. The van der Waals surface area contributed by atoms with Crippen molar-refractivity contribution in [2.75, 3.05) is 30.5 Å². The van der Waals surface area contributed by atoms with E-state index in [1.807, 2.05) is 6.26 Å². The van der Waals surface area contributed by atoms with Gasteiger partial charge >= 0.3 is 0 Å². The molecule has 0 saturated carbocycles. The van der Waals surface area contributed by atoms with Gasteiger partial charge < -0.3 is 15.8 Å². The van der Waals surface area contributed by atoms with Crippen molar-refractivity contribution < 1.29 is 4.74 Å². The third kappa shape index (κ3) is 3.23. The molecular formula is C11H18N4OS. The van der Waals surface area contributed by atoms with Crippen LogP contribution in [0.25, 0.3) is 0 Å². The Balaban J connectivity index is 2.14. The minimum atomic E-state index is 0.0364. The first kappa shape index (κ1) is 12.4. The molecule has 1 aromatic heterocycles. The van der Waals surface area contributed by atoms with Crippen LogP contribution in [0.2, 0.25) is 0 Å². The fraction of sp³-hybridized carbons (Fsp3) is 0.636. The maximum Gasteiger partial charge on any atom is 0.191 e.